The molecule has 3 rings (SSSR count). The molecule has 1 atom stereocenters. The highest BCUT2D eigenvalue weighted by Gasteiger charge is 2.35. The first-order chi connectivity index (χ1) is 12.8. The molecule has 0 amide bonds. The molecule has 2 heterocycles. The van der Waals surface area contributed by atoms with E-state index in [1.807, 2.05) is 0 Å². The Morgan fingerprint density at radius 3 is 2.70 bits per heavy atom. The fourth-order valence-electron chi connectivity index (χ4n) is 2.48. The van der Waals surface area contributed by atoms with Crippen molar-refractivity contribution in [2.24, 2.45) is 0 Å². The van der Waals surface area contributed by atoms with E-state index >= 15 is 0 Å². The monoisotopic (exact) mass is 403 g/mol. The molecule has 0 spiro atoms. The van der Waals surface area contributed by atoms with Crippen LogP contribution >= 0.6 is 11.9 Å². The number of methoxy groups -OCH3 is 1. The molecule has 2 N–H and O–H groups in total. The average molecular weight is 403 g/mol. The normalized spacial score (nSPS) is 16.7. The van der Waals surface area contributed by atoms with Crippen LogP contribution in [0.2, 0.25) is 0 Å². The molecule has 1 aromatic heterocycles. The smallest absolute Gasteiger partial charge is 0.419 e. The van der Waals surface area contributed by atoms with Crippen LogP contribution in [-0.2, 0) is 6.18 Å². The van der Waals surface area contributed by atoms with E-state index in [9.17, 15) is 22.0 Å². The summed E-state index contributed by atoms with van der Waals surface area (Å²) in [5, 5.41) is 3.11. The van der Waals surface area contributed by atoms with E-state index in [-0.39, 0.29) is 17.8 Å². The van der Waals surface area contributed by atoms with Crippen LogP contribution in [0.5, 0.6) is 5.75 Å². The van der Waals surface area contributed by atoms with E-state index in [1.165, 1.54) is 0 Å². The van der Waals surface area contributed by atoms with Crippen LogP contribution < -0.4 is 14.8 Å². The van der Waals surface area contributed by atoms with Crippen molar-refractivity contribution in [3.8, 4) is 5.75 Å². The first-order valence-corrected chi connectivity index (χ1v) is 8.53. The van der Waals surface area contributed by atoms with Crippen molar-refractivity contribution in [2.75, 3.05) is 11.8 Å². The van der Waals surface area contributed by atoms with Gasteiger partial charge in [-0.05, 0) is 24.1 Å². The van der Waals surface area contributed by atoms with E-state index < -0.39 is 23.4 Å². The second-order valence-electron chi connectivity index (χ2n) is 5.67. The van der Waals surface area contributed by atoms with Crippen molar-refractivity contribution < 1.29 is 26.7 Å². The summed E-state index contributed by atoms with van der Waals surface area (Å²) < 4.78 is 72.9. The van der Waals surface area contributed by atoms with Gasteiger partial charge in [-0.2, -0.15) is 13.2 Å². The molecule has 0 saturated heterocycles. The lowest BCUT2D eigenvalue weighted by Crippen LogP contribution is -2.11. The lowest BCUT2D eigenvalue weighted by Gasteiger charge is -2.13. The molecular weight excluding hydrogens is 389 g/mol. The zero-order valence-electron chi connectivity index (χ0n) is 13.9. The van der Waals surface area contributed by atoms with Crippen LogP contribution in [0.25, 0.3) is 0 Å². The van der Waals surface area contributed by atoms with Gasteiger partial charge in [-0.1, -0.05) is 0 Å². The van der Waals surface area contributed by atoms with E-state index in [2.05, 4.69) is 15.0 Å². The summed E-state index contributed by atoms with van der Waals surface area (Å²) in [7, 11) is 1.54. The summed E-state index contributed by atoms with van der Waals surface area (Å²) in [5.74, 6) is -2.07. The molecular formula is C17H14F5N3OS. The van der Waals surface area contributed by atoms with Gasteiger partial charge in [-0.15, -0.1) is 0 Å². The maximum atomic E-state index is 13.9. The molecule has 1 aliphatic heterocycles. The van der Waals surface area contributed by atoms with Gasteiger partial charge >= 0.3 is 6.18 Å². The van der Waals surface area contributed by atoms with Crippen molar-refractivity contribution >= 4 is 17.6 Å². The van der Waals surface area contributed by atoms with E-state index in [1.54, 1.807) is 31.6 Å². The lowest BCUT2D eigenvalue weighted by atomic mass is 10.1. The Kier molecular flexibility index (Phi) is 5.45. The highest BCUT2D eigenvalue weighted by Crippen LogP contribution is 2.37. The first-order valence-electron chi connectivity index (χ1n) is 7.72. The number of nitrogens with one attached hydrogen (secondary N) is 2. The van der Waals surface area contributed by atoms with Gasteiger partial charge in [0.15, 0.2) is 0 Å². The Morgan fingerprint density at radius 1 is 1.22 bits per heavy atom. The lowest BCUT2D eigenvalue weighted by molar-refractivity contribution is -0.140. The maximum Gasteiger partial charge on any atom is 0.419 e. The van der Waals surface area contributed by atoms with Gasteiger partial charge in [0.2, 0.25) is 0 Å². The average Bonchev–Trinajstić information content (AvgIpc) is 3.10. The van der Waals surface area contributed by atoms with E-state index in [0.717, 1.165) is 22.5 Å². The number of hydrogen-bond acceptors (Lipinski definition) is 5. The quantitative estimate of drug-likeness (QED) is 0.542. The van der Waals surface area contributed by atoms with Crippen LogP contribution in [0.1, 0.15) is 23.7 Å². The number of benzene rings is 1. The van der Waals surface area contributed by atoms with E-state index in [0.29, 0.717) is 18.2 Å². The molecule has 27 heavy (non-hydrogen) atoms. The van der Waals surface area contributed by atoms with Gasteiger partial charge in [0.1, 0.15) is 17.4 Å². The minimum atomic E-state index is -4.95. The highest BCUT2D eigenvalue weighted by molar-refractivity contribution is 8.04. The molecule has 1 aromatic carbocycles. The Balaban J connectivity index is 1.64. The van der Waals surface area contributed by atoms with Crippen molar-refractivity contribution in [3.05, 3.63) is 64.5 Å². The Morgan fingerprint density at radius 2 is 2.00 bits per heavy atom. The minimum Gasteiger partial charge on any atom is -0.497 e. The molecule has 0 radical (unpaired) electrons. The third kappa shape index (κ3) is 4.44. The molecule has 144 valence electrons. The second-order valence-corrected chi connectivity index (χ2v) is 6.60. The van der Waals surface area contributed by atoms with Crippen molar-refractivity contribution in [3.63, 3.8) is 0 Å². The summed E-state index contributed by atoms with van der Waals surface area (Å²) in [6, 6.07) is 4.00. The minimum absolute atomic E-state index is 0.126. The SMILES string of the molecule is COc1ccnc(C2CC(SNc3cc(F)c(C(F)(F)F)cc3F)=CN2)c1. The number of nitrogens with zero attached hydrogens (tertiary/aromatic N) is 1. The number of ether oxygens (including phenoxy) is 1. The van der Waals surface area contributed by atoms with Gasteiger partial charge in [-0.25, -0.2) is 8.78 Å². The highest BCUT2D eigenvalue weighted by atomic mass is 32.2. The molecule has 0 bridgehead atoms. The van der Waals surface area contributed by atoms with Crippen molar-refractivity contribution in [1.82, 2.24) is 10.3 Å². The number of aromatic nitrogens is 1. The predicted octanol–water partition coefficient (Wildman–Crippen LogP) is 5.02. The van der Waals surface area contributed by atoms with Gasteiger partial charge in [-0.3, -0.25) is 4.98 Å². The maximum absolute atomic E-state index is 13.9. The molecule has 2 aromatic rings. The number of rotatable bonds is 5. The third-order valence-electron chi connectivity index (χ3n) is 3.85. The number of alkyl halides is 3. The molecule has 1 aliphatic rings. The Hall–Kier alpha value is -2.49. The fourth-order valence-corrected chi connectivity index (χ4v) is 3.26. The third-order valence-corrected chi connectivity index (χ3v) is 4.72. The van der Waals surface area contributed by atoms with Crippen LogP contribution in [0, 0.1) is 11.6 Å². The molecule has 4 nitrogen and oxygen atoms in total. The molecule has 0 aliphatic carbocycles. The fraction of sp³-hybridized carbons (Fsp3) is 0.235. The first kappa shape index (κ1) is 19.3. The van der Waals surface area contributed by atoms with Gasteiger partial charge < -0.3 is 14.8 Å². The van der Waals surface area contributed by atoms with Crippen molar-refractivity contribution in [1.29, 1.82) is 0 Å². The van der Waals surface area contributed by atoms with E-state index in [4.69, 9.17) is 4.74 Å². The molecule has 0 saturated carbocycles. The summed E-state index contributed by atoms with van der Waals surface area (Å²) in [6.45, 7) is 0. The molecule has 1 unspecified atom stereocenters. The zero-order chi connectivity index (χ0) is 19.6. The van der Waals surface area contributed by atoms with Crippen LogP contribution in [-0.4, -0.2) is 12.1 Å². The summed E-state index contributed by atoms with van der Waals surface area (Å²) in [5.41, 5.74) is -1.26. The van der Waals surface area contributed by atoms with Crippen molar-refractivity contribution in [2.45, 2.75) is 18.6 Å². The predicted molar refractivity (Wildman–Crippen MR) is 91.9 cm³/mol. The Labute approximate surface area is 156 Å². The number of halogens is 5. The number of hydrogen-bond donors (Lipinski definition) is 2. The Bertz CT molecular complexity index is 872. The zero-order valence-corrected chi connectivity index (χ0v) is 14.7. The summed E-state index contributed by atoms with van der Waals surface area (Å²) in [4.78, 5) is 5.01. The van der Waals surface area contributed by atoms with Gasteiger partial charge in [0, 0.05) is 35.9 Å². The van der Waals surface area contributed by atoms with Crippen LogP contribution in [0.15, 0.2) is 41.6 Å². The number of pyridine rings is 1. The standard InChI is InChI=1S/C17H14F5N3OS/c1-26-9-2-3-23-15(4-9)16-5-10(8-24-16)27-25-14-7-12(18)11(6-13(14)19)17(20,21)22/h2-4,6-8,16,24-25H,5H2,1H3. The van der Waals surface area contributed by atoms with Crippen LogP contribution in [0.4, 0.5) is 27.6 Å². The number of anilines is 1. The second kappa shape index (κ2) is 7.63. The van der Waals surface area contributed by atoms with Gasteiger partial charge in [0.05, 0.1) is 30.1 Å². The van der Waals surface area contributed by atoms with Crippen LogP contribution in [0.3, 0.4) is 0 Å². The largest absolute Gasteiger partial charge is 0.497 e. The summed E-state index contributed by atoms with van der Waals surface area (Å²) in [6.07, 6.45) is -1.14. The summed E-state index contributed by atoms with van der Waals surface area (Å²) >= 11 is 0.983. The molecule has 0 fully saturated rings. The molecule has 10 heteroatoms. The van der Waals surface area contributed by atoms with Gasteiger partial charge in [0.25, 0.3) is 0 Å². The topological polar surface area (TPSA) is 46.2 Å².